The van der Waals surface area contributed by atoms with Gasteiger partial charge >= 0.3 is 12.4 Å². The molecule has 0 aliphatic heterocycles. The molecule has 0 aliphatic rings. The number of hydrogen-bond acceptors (Lipinski definition) is 6. The fourth-order valence-corrected chi connectivity index (χ4v) is 4.53. The van der Waals surface area contributed by atoms with Gasteiger partial charge in [0.05, 0.1) is 34.3 Å². The summed E-state index contributed by atoms with van der Waals surface area (Å²) in [6, 6.07) is 10.1. The standard InChI is InChI=1S/C23H14F6N4OS/c1-12-19(35-21(33-12)14-6-7-17(32-10-14)22(24,25)26)20(23(27,28)29)34-11-15-5-4-13(9-30)16-3-2-8-31-18(15)16/h2-8,10,20H,11H2,1H3. The van der Waals surface area contributed by atoms with Crippen molar-refractivity contribution in [3.05, 3.63) is 76.2 Å². The van der Waals surface area contributed by atoms with Crippen molar-refractivity contribution < 1.29 is 31.1 Å². The van der Waals surface area contributed by atoms with Crippen LogP contribution in [0.25, 0.3) is 21.5 Å². The molecule has 35 heavy (non-hydrogen) atoms. The van der Waals surface area contributed by atoms with Gasteiger partial charge in [0.1, 0.15) is 10.7 Å². The third-order valence-electron chi connectivity index (χ3n) is 5.05. The van der Waals surface area contributed by atoms with Gasteiger partial charge in [-0.25, -0.2) is 4.98 Å². The van der Waals surface area contributed by atoms with Gasteiger partial charge in [-0.3, -0.25) is 9.97 Å². The van der Waals surface area contributed by atoms with E-state index in [-0.39, 0.29) is 21.1 Å². The smallest absolute Gasteiger partial charge is 0.358 e. The second-order valence-corrected chi connectivity index (χ2v) is 8.45. The molecule has 0 spiro atoms. The lowest BCUT2D eigenvalue weighted by Gasteiger charge is -2.20. The van der Waals surface area contributed by atoms with Gasteiger partial charge in [0, 0.05) is 28.9 Å². The maximum atomic E-state index is 14.0. The van der Waals surface area contributed by atoms with Crippen molar-refractivity contribution in [2.45, 2.75) is 32.0 Å². The number of ether oxygens (including phenoxy) is 1. The highest BCUT2D eigenvalue weighted by atomic mass is 32.1. The van der Waals surface area contributed by atoms with Crippen molar-refractivity contribution in [3.63, 3.8) is 0 Å². The molecule has 1 atom stereocenters. The quantitative estimate of drug-likeness (QED) is 0.278. The van der Waals surface area contributed by atoms with Gasteiger partial charge in [0.15, 0.2) is 6.10 Å². The number of aryl methyl sites for hydroxylation is 1. The van der Waals surface area contributed by atoms with Gasteiger partial charge in [-0.05, 0) is 37.3 Å². The lowest BCUT2D eigenvalue weighted by Crippen LogP contribution is -2.23. The van der Waals surface area contributed by atoms with E-state index < -0.39 is 30.8 Å². The van der Waals surface area contributed by atoms with Gasteiger partial charge in [0.25, 0.3) is 0 Å². The van der Waals surface area contributed by atoms with Crippen molar-refractivity contribution in [2.24, 2.45) is 0 Å². The molecule has 4 rings (SSSR count). The van der Waals surface area contributed by atoms with Gasteiger partial charge < -0.3 is 4.74 Å². The topological polar surface area (TPSA) is 71.7 Å². The van der Waals surface area contributed by atoms with Crippen LogP contribution in [-0.4, -0.2) is 21.1 Å². The SMILES string of the molecule is Cc1nc(-c2ccc(C(F)(F)F)nc2)sc1C(OCc1ccc(C#N)c2cccnc12)C(F)(F)F. The molecule has 0 bridgehead atoms. The minimum absolute atomic E-state index is 0.0371. The van der Waals surface area contributed by atoms with Crippen LogP contribution in [0.4, 0.5) is 26.3 Å². The van der Waals surface area contributed by atoms with Crippen molar-refractivity contribution in [1.82, 2.24) is 15.0 Å². The largest absolute Gasteiger partial charge is 0.433 e. The highest BCUT2D eigenvalue weighted by Gasteiger charge is 2.44. The Morgan fingerprint density at radius 3 is 2.46 bits per heavy atom. The molecule has 0 saturated heterocycles. The predicted octanol–water partition coefficient (Wildman–Crippen LogP) is 6.77. The molecule has 4 aromatic rings. The monoisotopic (exact) mass is 508 g/mol. The van der Waals surface area contributed by atoms with Crippen LogP contribution in [0.3, 0.4) is 0 Å². The van der Waals surface area contributed by atoms with Crippen LogP contribution >= 0.6 is 11.3 Å². The summed E-state index contributed by atoms with van der Waals surface area (Å²) < 4.78 is 85.5. The van der Waals surface area contributed by atoms with Crippen molar-refractivity contribution >= 4 is 22.2 Å². The van der Waals surface area contributed by atoms with E-state index in [0.29, 0.717) is 33.4 Å². The summed E-state index contributed by atoms with van der Waals surface area (Å²) in [5, 5.41) is 9.83. The van der Waals surface area contributed by atoms with Crippen LogP contribution in [0.1, 0.15) is 33.5 Å². The average molecular weight is 508 g/mol. The zero-order valence-corrected chi connectivity index (χ0v) is 18.6. The van der Waals surface area contributed by atoms with E-state index >= 15 is 0 Å². The van der Waals surface area contributed by atoms with E-state index in [9.17, 15) is 31.6 Å². The van der Waals surface area contributed by atoms with Gasteiger partial charge in [0.2, 0.25) is 0 Å². The number of rotatable bonds is 5. The van der Waals surface area contributed by atoms with Crippen LogP contribution in [0.2, 0.25) is 0 Å². The number of thiazole rings is 1. The van der Waals surface area contributed by atoms with Crippen molar-refractivity contribution in [1.29, 1.82) is 5.26 Å². The summed E-state index contributed by atoms with van der Waals surface area (Å²) in [4.78, 5) is 11.4. The Morgan fingerprint density at radius 2 is 1.83 bits per heavy atom. The Kier molecular flexibility index (Phi) is 6.48. The molecule has 0 fully saturated rings. The molecule has 0 aliphatic carbocycles. The van der Waals surface area contributed by atoms with E-state index in [0.717, 1.165) is 18.3 Å². The van der Waals surface area contributed by atoms with Gasteiger partial charge in [-0.1, -0.05) is 6.07 Å². The molecule has 3 heterocycles. The number of hydrogen-bond donors (Lipinski definition) is 0. The van der Waals surface area contributed by atoms with Gasteiger partial charge in [-0.15, -0.1) is 11.3 Å². The molecule has 1 unspecified atom stereocenters. The molecule has 3 aromatic heterocycles. The predicted molar refractivity (Wildman–Crippen MR) is 115 cm³/mol. The van der Waals surface area contributed by atoms with Crippen LogP contribution in [0.15, 0.2) is 48.8 Å². The molecular formula is C23H14F6N4OS. The number of nitriles is 1. The highest BCUT2D eigenvalue weighted by Crippen LogP contribution is 2.43. The summed E-state index contributed by atoms with van der Waals surface area (Å²) >= 11 is 0.670. The molecular weight excluding hydrogens is 494 g/mol. The molecule has 12 heteroatoms. The van der Waals surface area contributed by atoms with Gasteiger partial charge in [-0.2, -0.15) is 31.6 Å². The first kappa shape index (κ1) is 24.6. The number of alkyl halides is 6. The Labute approximate surface area is 198 Å². The summed E-state index contributed by atoms with van der Waals surface area (Å²) in [6.07, 6.45) is -9.37. The number of nitrogens with zero attached hydrogens (tertiary/aromatic N) is 4. The average Bonchev–Trinajstić information content (AvgIpc) is 3.19. The lowest BCUT2D eigenvalue weighted by atomic mass is 10.1. The fourth-order valence-electron chi connectivity index (χ4n) is 3.40. The Balaban J connectivity index is 1.64. The highest BCUT2D eigenvalue weighted by molar-refractivity contribution is 7.15. The van der Waals surface area contributed by atoms with Crippen LogP contribution in [-0.2, 0) is 17.5 Å². The molecule has 180 valence electrons. The Hall–Kier alpha value is -3.56. The molecule has 0 radical (unpaired) electrons. The number of aromatic nitrogens is 3. The fraction of sp³-hybridized carbons (Fsp3) is 0.217. The second kappa shape index (κ2) is 9.24. The number of fused-ring (bicyclic) bond motifs is 1. The molecule has 0 saturated carbocycles. The third-order valence-corrected chi connectivity index (χ3v) is 6.30. The number of pyridine rings is 2. The first-order valence-electron chi connectivity index (χ1n) is 9.95. The van der Waals surface area contributed by atoms with E-state index in [4.69, 9.17) is 4.74 Å². The minimum Gasteiger partial charge on any atom is -0.358 e. The normalized spacial score (nSPS) is 13.1. The number of benzene rings is 1. The Bertz CT molecular complexity index is 1410. The molecule has 0 amide bonds. The maximum absolute atomic E-state index is 14.0. The van der Waals surface area contributed by atoms with E-state index in [1.165, 1.54) is 25.3 Å². The second-order valence-electron chi connectivity index (χ2n) is 7.41. The zero-order chi connectivity index (χ0) is 25.4. The third kappa shape index (κ3) is 5.11. The lowest BCUT2D eigenvalue weighted by molar-refractivity contribution is -0.226. The summed E-state index contributed by atoms with van der Waals surface area (Å²) in [5.74, 6) is 0. The van der Waals surface area contributed by atoms with Crippen LogP contribution in [0.5, 0.6) is 0 Å². The van der Waals surface area contributed by atoms with E-state index in [2.05, 4.69) is 15.0 Å². The van der Waals surface area contributed by atoms with Crippen LogP contribution < -0.4 is 0 Å². The van der Waals surface area contributed by atoms with E-state index in [1.54, 1.807) is 12.1 Å². The summed E-state index contributed by atoms with van der Waals surface area (Å²) in [7, 11) is 0. The molecule has 5 nitrogen and oxygen atoms in total. The zero-order valence-electron chi connectivity index (χ0n) is 17.8. The van der Waals surface area contributed by atoms with Crippen molar-refractivity contribution in [2.75, 3.05) is 0 Å². The first-order valence-corrected chi connectivity index (χ1v) is 10.8. The maximum Gasteiger partial charge on any atom is 0.433 e. The summed E-state index contributed by atoms with van der Waals surface area (Å²) in [5.41, 5.74) is 0.121. The number of halogens is 6. The first-order chi connectivity index (χ1) is 16.5. The minimum atomic E-state index is -4.79. The van der Waals surface area contributed by atoms with Crippen molar-refractivity contribution in [3.8, 4) is 16.6 Å². The molecule has 0 N–H and O–H groups in total. The van der Waals surface area contributed by atoms with E-state index in [1.807, 2.05) is 6.07 Å². The Morgan fingerprint density at radius 1 is 1.06 bits per heavy atom. The summed E-state index contributed by atoms with van der Waals surface area (Å²) in [6.45, 7) is 0.922. The molecule has 1 aromatic carbocycles. The van der Waals surface area contributed by atoms with Crippen LogP contribution in [0, 0.1) is 18.3 Å².